The summed E-state index contributed by atoms with van der Waals surface area (Å²) >= 11 is 7.15. The smallest absolute Gasteiger partial charge is 0.338 e. The Bertz CT molecular complexity index is 986. The second-order valence-corrected chi connectivity index (χ2v) is 7.29. The summed E-state index contributed by atoms with van der Waals surface area (Å²) in [4.78, 5) is 30.5. The zero-order valence-electron chi connectivity index (χ0n) is 15.2. The number of nitrogens with zero attached hydrogens (tertiary/aromatic N) is 2. The number of amidine groups is 1. The number of esters is 1. The number of aliphatic imine (C=N–C) groups is 1. The normalized spacial score (nSPS) is 16.8. The fraction of sp³-hybridized carbons (Fsp3) is 0.150. The van der Waals surface area contributed by atoms with Crippen LogP contribution in [0.1, 0.15) is 22.8 Å². The average molecular weight is 417 g/mol. The van der Waals surface area contributed by atoms with E-state index < -0.39 is 5.97 Å². The Morgan fingerprint density at radius 1 is 1.29 bits per heavy atom. The maximum atomic E-state index is 12.5. The minimum atomic E-state index is -0.393. The molecule has 1 aliphatic heterocycles. The lowest BCUT2D eigenvalue weighted by Gasteiger charge is -2.07. The number of phenolic OH excluding ortho intramolecular Hbond substituents is 1. The van der Waals surface area contributed by atoms with Gasteiger partial charge in [-0.25, -0.2) is 9.79 Å². The van der Waals surface area contributed by atoms with Gasteiger partial charge in [0.05, 0.1) is 22.8 Å². The van der Waals surface area contributed by atoms with Gasteiger partial charge in [-0.15, -0.1) is 0 Å². The molecule has 1 saturated heterocycles. The highest BCUT2D eigenvalue weighted by atomic mass is 35.5. The van der Waals surface area contributed by atoms with Gasteiger partial charge >= 0.3 is 5.97 Å². The van der Waals surface area contributed by atoms with Crippen molar-refractivity contribution in [2.24, 2.45) is 4.99 Å². The molecule has 1 N–H and O–H groups in total. The fourth-order valence-corrected chi connectivity index (χ4v) is 3.59. The van der Waals surface area contributed by atoms with Gasteiger partial charge in [0, 0.05) is 17.6 Å². The molecule has 2 aromatic rings. The molecule has 0 spiro atoms. The average Bonchev–Trinajstić information content (AvgIpc) is 2.93. The maximum absolute atomic E-state index is 12.5. The number of hydrogen-bond acceptors (Lipinski definition) is 6. The summed E-state index contributed by atoms with van der Waals surface area (Å²) < 4.78 is 4.95. The third kappa shape index (κ3) is 4.37. The molecular formula is C20H17ClN2O4S. The van der Waals surface area contributed by atoms with Gasteiger partial charge in [0.1, 0.15) is 5.75 Å². The zero-order valence-corrected chi connectivity index (χ0v) is 16.8. The number of likely N-dealkylation sites (N-methyl/N-ethyl adjacent to an activating group) is 1. The molecular weight excluding hydrogens is 400 g/mol. The van der Waals surface area contributed by atoms with Crippen LogP contribution in [0.2, 0.25) is 5.02 Å². The number of ether oxygens (including phenoxy) is 1. The third-order valence-corrected chi connectivity index (χ3v) is 5.18. The Morgan fingerprint density at radius 3 is 2.68 bits per heavy atom. The molecule has 0 saturated carbocycles. The number of halogens is 1. The number of hydrogen-bond donors (Lipinski definition) is 1. The molecule has 3 rings (SSSR count). The predicted octanol–water partition coefficient (Wildman–Crippen LogP) is 4.46. The van der Waals surface area contributed by atoms with E-state index in [1.807, 2.05) is 0 Å². The van der Waals surface area contributed by atoms with Gasteiger partial charge in [-0.1, -0.05) is 11.6 Å². The van der Waals surface area contributed by atoms with Gasteiger partial charge in [0.25, 0.3) is 5.91 Å². The van der Waals surface area contributed by atoms with Crippen LogP contribution in [0.4, 0.5) is 5.69 Å². The molecule has 0 atom stereocenters. The van der Waals surface area contributed by atoms with Gasteiger partial charge in [0.15, 0.2) is 5.17 Å². The first-order valence-electron chi connectivity index (χ1n) is 8.41. The van der Waals surface area contributed by atoms with Crippen LogP contribution in [0.15, 0.2) is 52.4 Å². The lowest BCUT2D eigenvalue weighted by Crippen LogP contribution is -2.23. The van der Waals surface area contributed by atoms with Crippen LogP contribution < -0.4 is 0 Å². The van der Waals surface area contributed by atoms with E-state index in [1.165, 1.54) is 22.7 Å². The van der Waals surface area contributed by atoms with Crippen molar-refractivity contribution < 1.29 is 19.4 Å². The molecule has 0 unspecified atom stereocenters. The fourth-order valence-electron chi connectivity index (χ4n) is 2.43. The lowest BCUT2D eigenvalue weighted by atomic mass is 10.2. The largest absolute Gasteiger partial charge is 0.507 e. The van der Waals surface area contributed by atoms with Crippen molar-refractivity contribution in [3.63, 3.8) is 0 Å². The number of rotatable bonds is 4. The maximum Gasteiger partial charge on any atom is 0.338 e. The van der Waals surface area contributed by atoms with E-state index in [0.717, 1.165) is 0 Å². The number of carbonyl (C=O) groups excluding carboxylic acids is 2. The van der Waals surface area contributed by atoms with Gasteiger partial charge in [-0.2, -0.15) is 0 Å². The van der Waals surface area contributed by atoms with E-state index in [9.17, 15) is 14.7 Å². The van der Waals surface area contributed by atoms with Crippen molar-refractivity contribution in [3.05, 3.63) is 63.5 Å². The Labute approximate surface area is 171 Å². The number of thioether (sulfide) groups is 1. The highest BCUT2D eigenvalue weighted by Gasteiger charge is 2.30. The van der Waals surface area contributed by atoms with E-state index in [-0.39, 0.29) is 11.7 Å². The molecule has 0 aliphatic carbocycles. The van der Waals surface area contributed by atoms with Crippen LogP contribution in [-0.4, -0.2) is 40.7 Å². The first-order chi connectivity index (χ1) is 13.4. The van der Waals surface area contributed by atoms with Crippen LogP contribution in [-0.2, 0) is 9.53 Å². The van der Waals surface area contributed by atoms with Crippen LogP contribution in [0.25, 0.3) is 6.08 Å². The molecule has 6 nitrogen and oxygen atoms in total. The topological polar surface area (TPSA) is 79.2 Å². The summed E-state index contributed by atoms with van der Waals surface area (Å²) in [5.41, 5.74) is 1.49. The van der Waals surface area contributed by atoms with Crippen molar-refractivity contribution in [1.82, 2.24) is 4.90 Å². The summed E-state index contributed by atoms with van der Waals surface area (Å²) in [6.45, 7) is 2.06. The van der Waals surface area contributed by atoms with Crippen molar-refractivity contribution in [2.45, 2.75) is 6.92 Å². The molecule has 0 radical (unpaired) electrons. The quantitative estimate of drug-likeness (QED) is 0.588. The van der Waals surface area contributed by atoms with Crippen LogP contribution in [0.5, 0.6) is 5.75 Å². The highest BCUT2D eigenvalue weighted by molar-refractivity contribution is 8.18. The summed E-state index contributed by atoms with van der Waals surface area (Å²) in [5, 5.41) is 10.9. The molecule has 0 aromatic heterocycles. The standard InChI is InChI=1S/C20H17ClN2O4S/c1-3-27-19(26)12-4-7-15(8-5-12)22-20-23(2)18(25)17(28-20)11-13-10-14(21)6-9-16(13)24/h4-11,24H,3H2,1-2H3/b17-11-,22-20?. The Hall–Kier alpha value is -2.77. The van der Waals surface area contributed by atoms with E-state index >= 15 is 0 Å². The summed E-state index contributed by atoms with van der Waals surface area (Å²) in [6.07, 6.45) is 1.58. The molecule has 28 heavy (non-hydrogen) atoms. The van der Waals surface area contributed by atoms with Gasteiger partial charge in [0.2, 0.25) is 0 Å². The number of aromatic hydroxyl groups is 1. The van der Waals surface area contributed by atoms with Crippen LogP contribution in [0, 0.1) is 0 Å². The molecule has 144 valence electrons. The number of amides is 1. The summed E-state index contributed by atoms with van der Waals surface area (Å²) in [6, 6.07) is 11.2. The number of benzene rings is 2. The SMILES string of the molecule is CCOC(=O)c1ccc(N=C2S/C(=C\c3cc(Cl)ccc3O)C(=O)N2C)cc1. The zero-order chi connectivity index (χ0) is 20.3. The molecule has 1 fully saturated rings. The molecule has 1 amide bonds. The van der Waals surface area contributed by atoms with Gasteiger partial charge in [-0.3, -0.25) is 9.69 Å². The lowest BCUT2D eigenvalue weighted by molar-refractivity contribution is -0.121. The van der Waals surface area contributed by atoms with Crippen LogP contribution >= 0.6 is 23.4 Å². The Morgan fingerprint density at radius 2 is 2.00 bits per heavy atom. The number of carbonyl (C=O) groups is 2. The summed E-state index contributed by atoms with van der Waals surface area (Å²) in [7, 11) is 1.62. The third-order valence-electron chi connectivity index (χ3n) is 3.88. The van der Waals surface area contributed by atoms with E-state index in [1.54, 1.807) is 56.4 Å². The number of phenols is 1. The highest BCUT2D eigenvalue weighted by Crippen LogP contribution is 2.35. The molecule has 1 aliphatic rings. The van der Waals surface area contributed by atoms with Gasteiger partial charge in [-0.05, 0) is 67.2 Å². The molecule has 8 heteroatoms. The minimum absolute atomic E-state index is 0.0351. The van der Waals surface area contributed by atoms with Crippen molar-refractivity contribution >= 4 is 52.2 Å². The molecule has 1 heterocycles. The first-order valence-corrected chi connectivity index (χ1v) is 9.60. The van der Waals surface area contributed by atoms with Crippen LogP contribution in [0.3, 0.4) is 0 Å². The second kappa shape index (κ2) is 8.50. The predicted molar refractivity (Wildman–Crippen MR) is 111 cm³/mol. The molecule has 0 bridgehead atoms. The second-order valence-electron chi connectivity index (χ2n) is 5.84. The van der Waals surface area contributed by atoms with Crippen molar-refractivity contribution in [3.8, 4) is 5.75 Å². The van der Waals surface area contributed by atoms with Crippen molar-refractivity contribution in [2.75, 3.05) is 13.7 Å². The monoisotopic (exact) mass is 416 g/mol. The molecule has 2 aromatic carbocycles. The van der Waals surface area contributed by atoms with Crippen molar-refractivity contribution in [1.29, 1.82) is 0 Å². The Kier molecular flexibility index (Phi) is 6.06. The van der Waals surface area contributed by atoms with E-state index in [4.69, 9.17) is 16.3 Å². The van der Waals surface area contributed by atoms with Gasteiger partial charge < -0.3 is 9.84 Å². The first kappa shape index (κ1) is 20.0. The van der Waals surface area contributed by atoms with E-state index in [0.29, 0.717) is 38.5 Å². The Balaban J connectivity index is 1.84. The minimum Gasteiger partial charge on any atom is -0.507 e. The van der Waals surface area contributed by atoms with E-state index in [2.05, 4.69) is 4.99 Å². The summed E-state index contributed by atoms with van der Waals surface area (Å²) in [5.74, 6) is -0.588.